The minimum Gasteiger partial charge on any atom is -0.497 e. The molecule has 1 aromatic carbocycles. The molecule has 0 saturated heterocycles. The summed E-state index contributed by atoms with van der Waals surface area (Å²) in [6.45, 7) is 3.81. The summed E-state index contributed by atoms with van der Waals surface area (Å²) in [5.74, 6) is 0.554. The molecule has 0 bridgehead atoms. The lowest BCUT2D eigenvalue weighted by molar-refractivity contribution is 0.101. The van der Waals surface area contributed by atoms with Crippen LogP contribution in [0.2, 0.25) is 0 Å². The highest BCUT2D eigenvalue weighted by Gasteiger charge is 2.12. The third-order valence-electron chi connectivity index (χ3n) is 3.26. The van der Waals surface area contributed by atoms with Gasteiger partial charge >= 0.3 is 0 Å². The van der Waals surface area contributed by atoms with Crippen molar-refractivity contribution in [3.05, 3.63) is 52.3 Å². The second-order valence-corrected chi connectivity index (χ2v) is 4.47. The van der Waals surface area contributed by atoms with Crippen molar-refractivity contribution in [2.45, 2.75) is 20.4 Å². The third-order valence-corrected chi connectivity index (χ3v) is 3.26. The highest BCUT2D eigenvalue weighted by atomic mass is 16.5. The van der Waals surface area contributed by atoms with Crippen LogP contribution < -0.4 is 10.3 Å². The first kappa shape index (κ1) is 14.1. The van der Waals surface area contributed by atoms with E-state index in [1.807, 2.05) is 37.3 Å². The van der Waals surface area contributed by atoms with Gasteiger partial charge in [-0.2, -0.15) is 0 Å². The van der Waals surface area contributed by atoms with Crippen molar-refractivity contribution in [3.8, 4) is 17.0 Å². The summed E-state index contributed by atoms with van der Waals surface area (Å²) >= 11 is 0. The maximum absolute atomic E-state index is 12.3. The molecule has 4 heteroatoms. The number of rotatable bonds is 4. The highest BCUT2D eigenvalue weighted by molar-refractivity contribution is 5.94. The van der Waals surface area contributed by atoms with Crippen molar-refractivity contribution in [1.82, 2.24) is 4.57 Å². The number of ketones is 1. The summed E-state index contributed by atoms with van der Waals surface area (Å²) in [5, 5.41) is 0. The summed E-state index contributed by atoms with van der Waals surface area (Å²) in [6, 6.07) is 10.9. The van der Waals surface area contributed by atoms with Gasteiger partial charge in [0.15, 0.2) is 5.78 Å². The topological polar surface area (TPSA) is 48.3 Å². The van der Waals surface area contributed by atoms with E-state index >= 15 is 0 Å². The summed E-state index contributed by atoms with van der Waals surface area (Å²) in [4.78, 5) is 23.7. The Morgan fingerprint density at radius 1 is 1.15 bits per heavy atom. The number of pyridine rings is 1. The van der Waals surface area contributed by atoms with E-state index in [1.165, 1.54) is 6.92 Å². The number of carbonyl (C=O) groups is 1. The fourth-order valence-electron chi connectivity index (χ4n) is 2.17. The monoisotopic (exact) mass is 271 g/mol. The van der Waals surface area contributed by atoms with E-state index in [4.69, 9.17) is 4.74 Å². The molecule has 0 amide bonds. The van der Waals surface area contributed by atoms with Crippen LogP contribution in [0.3, 0.4) is 0 Å². The Balaban J connectivity index is 2.59. The Morgan fingerprint density at radius 3 is 2.30 bits per heavy atom. The van der Waals surface area contributed by atoms with Gasteiger partial charge < -0.3 is 9.30 Å². The average molecular weight is 271 g/mol. The number of ether oxygens (including phenoxy) is 1. The molecule has 0 aliphatic heterocycles. The van der Waals surface area contributed by atoms with Crippen LogP contribution in [0.5, 0.6) is 5.75 Å². The van der Waals surface area contributed by atoms with Crippen molar-refractivity contribution in [3.63, 3.8) is 0 Å². The van der Waals surface area contributed by atoms with E-state index in [1.54, 1.807) is 17.7 Å². The molecule has 0 fully saturated rings. The predicted molar refractivity (Wildman–Crippen MR) is 78.4 cm³/mol. The molecular formula is C16H17NO3. The zero-order chi connectivity index (χ0) is 14.7. The van der Waals surface area contributed by atoms with Gasteiger partial charge in [0.25, 0.3) is 5.56 Å². The second kappa shape index (κ2) is 5.74. The molecule has 4 nitrogen and oxygen atoms in total. The highest BCUT2D eigenvalue weighted by Crippen LogP contribution is 2.21. The van der Waals surface area contributed by atoms with Gasteiger partial charge in [0.05, 0.1) is 18.4 Å². The lowest BCUT2D eigenvalue weighted by Gasteiger charge is -2.12. The van der Waals surface area contributed by atoms with Crippen molar-refractivity contribution in [1.29, 1.82) is 0 Å². The fourth-order valence-corrected chi connectivity index (χ4v) is 2.17. The summed E-state index contributed by atoms with van der Waals surface area (Å²) in [6.07, 6.45) is 0. The molecule has 2 aromatic rings. The molecule has 0 N–H and O–H groups in total. The van der Waals surface area contributed by atoms with Gasteiger partial charge in [0.1, 0.15) is 5.75 Å². The molecule has 0 spiro atoms. The quantitative estimate of drug-likeness (QED) is 0.803. The molecule has 1 heterocycles. The van der Waals surface area contributed by atoms with Crippen molar-refractivity contribution < 1.29 is 9.53 Å². The van der Waals surface area contributed by atoms with Gasteiger partial charge in [-0.25, -0.2) is 0 Å². The van der Waals surface area contributed by atoms with E-state index in [0.29, 0.717) is 6.54 Å². The summed E-state index contributed by atoms with van der Waals surface area (Å²) in [7, 11) is 1.61. The SMILES string of the molecule is CCn1c(-c2ccc(OC)cc2)ccc(C(C)=O)c1=O. The van der Waals surface area contributed by atoms with Gasteiger partial charge in [-0.15, -0.1) is 0 Å². The smallest absolute Gasteiger partial charge is 0.261 e. The molecule has 104 valence electrons. The van der Waals surface area contributed by atoms with Crippen LogP contribution >= 0.6 is 0 Å². The molecule has 0 saturated carbocycles. The van der Waals surface area contributed by atoms with Crippen molar-refractivity contribution >= 4 is 5.78 Å². The zero-order valence-corrected chi connectivity index (χ0v) is 11.8. The number of carbonyl (C=O) groups excluding carboxylic acids is 1. The maximum Gasteiger partial charge on any atom is 0.261 e. The van der Waals surface area contributed by atoms with Crippen LogP contribution in [-0.2, 0) is 6.54 Å². The Labute approximate surface area is 117 Å². The number of Topliss-reactive ketones (excluding diaryl/α,β-unsaturated/α-hetero) is 1. The first-order valence-corrected chi connectivity index (χ1v) is 6.47. The van der Waals surface area contributed by atoms with E-state index in [0.717, 1.165) is 17.0 Å². The molecule has 20 heavy (non-hydrogen) atoms. The van der Waals surface area contributed by atoms with Gasteiger partial charge in [-0.05, 0) is 55.8 Å². The number of nitrogens with zero attached hydrogens (tertiary/aromatic N) is 1. The Morgan fingerprint density at radius 2 is 1.80 bits per heavy atom. The molecule has 0 radical (unpaired) electrons. The minimum atomic E-state index is -0.242. The van der Waals surface area contributed by atoms with Crippen molar-refractivity contribution in [2.75, 3.05) is 7.11 Å². The van der Waals surface area contributed by atoms with E-state index in [2.05, 4.69) is 0 Å². The van der Waals surface area contributed by atoms with Crippen LogP contribution in [0.15, 0.2) is 41.2 Å². The third kappa shape index (κ3) is 2.50. The average Bonchev–Trinajstić information content (AvgIpc) is 2.46. The zero-order valence-electron chi connectivity index (χ0n) is 11.8. The molecule has 0 aliphatic rings. The van der Waals surface area contributed by atoms with Crippen LogP contribution in [0, 0.1) is 0 Å². The Bertz CT molecular complexity index is 684. The van der Waals surface area contributed by atoms with Gasteiger partial charge in [0, 0.05) is 6.54 Å². The van der Waals surface area contributed by atoms with E-state index < -0.39 is 0 Å². The number of hydrogen-bond acceptors (Lipinski definition) is 3. The standard InChI is InChI=1S/C16H17NO3/c1-4-17-15(10-9-14(11(2)18)16(17)19)12-5-7-13(20-3)8-6-12/h5-10H,4H2,1-3H3. The maximum atomic E-state index is 12.3. The van der Waals surface area contributed by atoms with Gasteiger partial charge in [-0.1, -0.05) is 0 Å². The second-order valence-electron chi connectivity index (χ2n) is 4.47. The first-order chi connectivity index (χ1) is 9.58. The van der Waals surface area contributed by atoms with Gasteiger partial charge in [0.2, 0.25) is 0 Å². The minimum absolute atomic E-state index is 0.210. The number of hydrogen-bond donors (Lipinski definition) is 0. The lowest BCUT2D eigenvalue weighted by atomic mass is 10.1. The molecule has 0 atom stereocenters. The van der Waals surface area contributed by atoms with Crippen LogP contribution in [0.25, 0.3) is 11.3 Å². The number of aromatic nitrogens is 1. The molecular weight excluding hydrogens is 254 g/mol. The first-order valence-electron chi connectivity index (χ1n) is 6.47. The molecule has 2 rings (SSSR count). The molecule has 0 aliphatic carbocycles. The lowest BCUT2D eigenvalue weighted by Crippen LogP contribution is -2.26. The van der Waals surface area contributed by atoms with E-state index in [-0.39, 0.29) is 16.9 Å². The Hall–Kier alpha value is -2.36. The normalized spacial score (nSPS) is 10.3. The number of methoxy groups -OCH3 is 1. The molecule has 1 aromatic heterocycles. The largest absolute Gasteiger partial charge is 0.497 e. The van der Waals surface area contributed by atoms with Gasteiger partial charge in [-0.3, -0.25) is 9.59 Å². The van der Waals surface area contributed by atoms with Crippen LogP contribution in [0.4, 0.5) is 0 Å². The number of benzene rings is 1. The van der Waals surface area contributed by atoms with E-state index in [9.17, 15) is 9.59 Å². The summed E-state index contributed by atoms with van der Waals surface area (Å²) in [5.41, 5.74) is 1.70. The molecule has 0 unspecified atom stereocenters. The fraction of sp³-hybridized carbons (Fsp3) is 0.250. The van der Waals surface area contributed by atoms with Crippen molar-refractivity contribution in [2.24, 2.45) is 0 Å². The Kier molecular flexibility index (Phi) is 4.03. The van der Waals surface area contributed by atoms with Crippen LogP contribution in [-0.4, -0.2) is 17.5 Å². The van der Waals surface area contributed by atoms with Crippen LogP contribution in [0.1, 0.15) is 24.2 Å². The summed E-state index contributed by atoms with van der Waals surface area (Å²) < 4.78 is 6.73. The predicted octanol–water partition coefficient (Wildman–Crippen LogP) is 2.75.